The lowest BCUT2D eigenvalue weighted by atomic mass is 9.88. The first-order valence-corrected chi connectivity index (χ1v) is 8.04. The number of nitrogens with zero attached hydrogens (tertiary/aromatic N) is 1. The summed E-state index contributed by atoms with van der Waals surface area (Å²) in [6, 6.07) is 3.44. The molecule has 24 heavy (non-hydrogen) atoms. The van der Waals surface area contributed by atoms with Gasteiger partial charge in [-0.2, -0.15) is 0 Å². The number of pyridine rings is 1. The van der Waals surface area contributed by atoms with Crippen molar-refractivity contribution in [2.45, 2.75) is 31.2 Å². The number of hydrogen-bond donors (Lipinski definition) is 3. The van der Waals surface area contributed by atoms with E-state index in [9.17, 15) is 14.4 Å². The van der Waals surface area contributed by atoms with Gasteiger partial charge in [0, 0.05) is 37.3 Å². The number of hydrogen-bond acceptors (Lipinski definition) is 4. The molecule has 0 saturated carbocycles. The van der Waals surface area contributed by atoms with Gasteiger partial charge in [0.05, 0.1) is 11.6 Å². The summed E-state index contributed by atoms with van der Waals surface area (Å²) in [5.41, 5.74) is 0.354. The number of fused-ring (bicyclic) bond motifs is 1. The van der Waals surface area contributed by atoms with Crippen LogP contribution in [-0.4, -0.2) is 33.9 Å². The van der Waals surface area contributed by atoms with Crippen molar-refractivity contribution in [1.29, 1.82) is 0 Å². The number of ether oxygens (including phenoxy) is 1. The predicted molar refractivity (Wildman–Crippen MR) is 86.3 cm³/mol. The molecule has 2 aromatic heterocycles. The van der Waals surface area contributed by atoms with Crippen molar-refractivity contribution in [2.24, 2.45) is 0 Å². The second-order valence-electron chi connectivity index (χ2n) is 6.18. The van der Waals surface area contributed by atoms with Crippen LogP contribution in [0.2, 0.25) is 0 Å². The van der Waals surface area contributed by atoms with Crippen molar-refractivity contribution in [3.05, 3.63) is 50.2 Å². The Hall–Kier alpha value is -2.61. The third-order valence-corrected chi connectivity index (χ3v) is 4.74. The first-order valence-electron chi connectivity index (χ1n) is 8.04. The molecule has 8 nitrogen and oxygen atoms in total. The average molecular weight is 330 g/mol. The number of H-pyrrole nitrogens is 2. The molecule has 126 valence electrons. The topological polar surface area (TPSA) is 109 Å². The average Bonchev–Trinajstić information content (AvgIpc) is 2.92. The summed E-state index contributed by atoms with van der Waals surface area (Å²) in [7, 11) is 0. The Morgan fingerprint density at radius 2 is 1.92 bits per heavy atom. The molecule has 4 rings (SSSR count). The van der Waals surface area contributed by atoms with E-state index in [1.54, 1.807) is 16.8 Å². The molecule has 1 saturated heterocycles. The SMILES string of the molecule is O=C1C[C@H](c2ccc[nH]c2=O)c2c(n(C3CCOCC3)[nH]c2=O)N1. The van der Waals surface area contributed by atoms with Crippen molar-refractivity contribution in [1.82, 2.24) is 14.8 Å². The molecule has 2 aliphatic rings. The van der Waals surface area contributed by atoms with Gasteiger partial charge in [-0.3, -0.25) is 24.2 Å². The number of anilines is 1. The van der Waals surface area contributed by atoms with Crippen molar-refractivity contribution in [3.63, 3.8) is 0 Å². The minimum absolute atomic E-state index is 0.0725. The highest BCUT2D eigenvalue weighted by Gasteiger charge is 2.35. The van der Waals surface area contributed by atoms with Crippen LogP contribution in [0.25, 0.3) is 0 Å². The molecular weight excluding hydrogens is 312 g/mol. The normalized spacial score (nSPS) is 21.3. The lowest BCUT2D eigenvalue weighted by molar-refractivity contribution is -0.116. The molecule has 4 heterocycles. The van der Waals surface area contributed by atoms with Crippen molar-refractivity contribution < 1.29 is 9.53 Å². The Morgan fingerprint density at radius 3 is 2.67 bits per heavy atom. The van der Waals surface area contributed by atoms with E-state index in [1.807, 2.05) is 0 Å². The maximum absolute atomic E-state index is 12.6. The van der Waals surface area contributed by atoms with E-state index >= 15 is 0 Å². The van der Waals surface area contributed by atoms with Crippen molar-refractivity contribution in [3.8, 4) is 0 Å². The zero-order valence-electron chi connectivity index (χ0n) is 13.0. The minimum Gasteiger partial charge on any atom is -0.381 e. The quantitative estimate of drug-likeness (QED) is 0.752. The smallest absolute Gasteiger partial charge is 0.270 e. The summed E-state index contributed by atoms with van der Waals surface area (Å²) < 4.78 is 7.10. The number of amides is 1. The van der Waals surface area contributed by atoms with Crippen LogP contribution in [0.3, 0.4) is 0 Å². The fourth-order valence-electron chi connectivity index (χ4n) is 3.58. The third-order valence-electron chi connectivity index (χ3n) is 4.74. The highest BCUT2D eigenvalue weighted by Crippen LogP contribution is 2.35. The molecule has 0 spiro atoms. The van der Waals surface area contributed by atoms with Crippen LogP contribution in [0.1, 0.15) is 42.3 Å². The number of aromatic nitrogens is 3. The third kappa shape index (κ3) is 2.39. The second kappa shape index (κ2) is 5.79. The van der Waals surface area contributed by atoms with Gasteiger partial charge in [0.1, 0.15) is 5.82 Å². The van der Waals surface area contributed by atoms with Gasteiger partial charge in [0.2, 0.25) is 5.91 Å². The van der Waals surface area contributed by atoms with Gasteiger partial charge in [0.15, 0.2) is 0 Å². The Morgan fingerprint density at radius 1 is 1.12 bits per heavy atom. The summed E-state index contributed by atoms with van der Waals surface area (Å²) in [4.78, 5) is 39.5. The van der Waals surface area contributed by atoms with Crippen LogP contribution in [0.4, 0.5) is 5.82 Å². The standard InChI is InChI=1S/C16H18N4O4/c21-12-8-11(10-2-1-5-17-15(10)22)13-14(18-12)20(19-16(13)23)9-3-6-24-7-4-9/h1-2,5,9,11H,3-4,6-8H2,(H,17,22)(H,18,21)(H,19,23)/t11-/m1/s1. The number of nitrogens with one attached hydrogen (secondary N) is 3. The summed E-state index contributed by atoms with van der Waals surface area (Å²) in [5.74, 6) is -0.254. The molecule has 3 N–H and O–H groups in total. The van der Waals surface area contributed by atoms with Crippen LogP contribution in [0.5, 0.6) is 0 Å². The van der Waals surface area contributed by atoms with Crippen LogP contribution in [0.15, 0.2) is 27.9 Å². The molecule has 2 aliphatic heterocycles. The lowest BCUT2D eigenvalue weighted by Crippen LogP contribution is -2.30. The van der Waals surface area contributed by atoms with Gasteiger partial charge in [0.25, 0.3) is 11.1 Å². The fourth-order valence-corrected chi connectivity index (χ4v) is 3.58. The minimum atomic E-state index is -0.538. The van der Waals surface area contributed by atoms with Crippen molar-refractivity contribution >= 4 is 11.7 Å². The van der Waals surface area contributed by atoms with Gasteiger partial charge in [-0.1, -0.05) is 6.07 Å². The number of carbonyl (C=O) groups is 1. The van der Waals surface area contributed by atoms with Gasteiger partial charge in [-0.25, -0.2) is 0 Å². The molecule has 0 aliphatic carbocycles. The van der Waals surface area contributed by atoms with Crippen LogP contribution < -0.4 is 16.4 Å². The second-order valence-corrected chi connectivity index (χ2v) is 6.18. The van der Waals surface area contributed by atoms with E-state index in [0.717, 1.165) is 12.8 Å². The molecule has 8 heteroatoms. The van der Waals surface area contributed by atoms with Crippen LogP contribution in [-0.2, 0) is 9.53 Å². The van der Waals surface area contributed by atoms with Crippen molar-refractivity contribution in [2.75, 3.05) is 18.5 Å². The maximum atomic E-state index is 12.6. The molecular formula is C16H18N4O4. The zero-order chi connectivity index (χ0) is 16.7. The van der Waals surface area contributed by atoms with Gasteiger partial charge in [-0.15, -0.1) is 0 Å². The van der Waals surface area contributed by atoms with Gasteiger partial charge >= 0.3 is 0 Å². The Kier molecular flexibility index (Phi) is 3.61. The number of carbonyl (C=O) groups excluding carboxylic acids is 1. The molecule has 1 fully saturated rings. The van der Waals surface area contributed by atoms with E-state index in [4.69, 9.17) is 4.74 Å². The first-order chi connectivity index (χ1) is 11.6. The summed E-state index contributed by atoms with van der Waals surface area (Å²) >= 11 is 0. The van der Waals surface area contributed by atoms with Crippen LogP contribution >= 0.6 is 0 Å². The fraction of sp³-hybridized carbons (Fsp3) is 0.438. The molecule has 0 bridgehead atoms. The number of rotatable bonds is 2. The lowest BCUT2D eigenvalue weighted by Gasteiger charge is -2.27. The van der Waals surface area contributed by atoms with Crippen LogP contribution in [0, 0.1) is 0 Å². The largest absolute Gasteiger partial charge is 0.381 e. The van der Waals surface area contributed by atoms with E-state index in [1.165, 1.54) is 6.20 Å². The first kappa shape index (κ1) is 14.9. The monoisotopic (exact) mass is 330 g/mol. The molecule has 0 unspecified atom stereocenters. The maximum Gasteiger partial charge on any atom is 0.270 e. The molecule has 1 amide bonds. The molecule has 2 aromatic rings. The summed E-state index contributed by atoms with van der Waals surface area (Å²) in [6.45, 7) is 1.24. The predicted octanol–water partition coefficient (Wildman–Crippen LogP) is 0.690. The summed E-state index contributed by atoms with van der Waals surface area (Å²) in [5, 5.41) is 5.65. The zero-order valence-corrected chi connectivity index (χ0v) is 13.0. The van der Waals surface area contributed by atoms with E-state index in [0.29, 0.717) is 30.2 Å². The number of aromatic amines is 2. The van der Waals surface area contributed by atoms with E-state index in [-0.39, 0.29) is 29.5 Å². The molecule has 1 atom stereocenters. The Bertz CT molecular complexity index is 888. The molecule has 0 radical (unpaired) electrons. The highest BCUT2D eigenvalue weighted by molar-refractivity contribution is 5.94. The Labute approximate surface area is 136 Å². The molecule has 0 aromatic carbocycles. The van der Waals surface area contributed by atoms with Gasteiger partial charge < -0.3 is 15.0 Å². The van der Waals surface area contributed by atoms with E-state index in [2.05, 4.69) is 15.4 Å². The Balaban J connectivity index is 1.84. The van der Waals surface area contributed by atoms with Gasteiger partial charge in [-0.05, 0) is 18.9 Å². The van der Waals surface area contributed by atoms with E-state index < -0.39 is 5.92 Å². The highest BCUT2D eigenvalue weighted by atomic mass is 16.5. The summed E-state index contributed by atoms with van der Waals surface area (Å²) in [6.07, 6.45) is 3.15.